The first-order valence-electron chi connectivity index (χ1n) is 9.77. The van der Waals surface area contributed by atoms with E-state index < -0.39 is 11.4 Å². The van der Waals surface area contributed by atoms with Gasteiger partial charge in [-0.05, 0) is 48.7 Å². The fourth-order valence-electron chi connectivity index (χ4n) is 4.04. The highest BCUT2D eigenvalue weighted by atomic mass is 16.5. The van der Waals surface area contributed by atoms with Crippen molar-refractivity contribution in [1.82, 2.24) is 10.2 Å². The van der Waals surface area contributed by atoms with Gasteiger partial charge in [-0.25, -0.2) is 0 Å². The maximum absolute atomic E-state index is 12.3. The molecular formula is C23H23N3O4. The van der Waals surface area contributed by atoms with Crippen molar-refractivity contribution < 1.29 is 19.7 Å². The third-order valence-electron chi connectivity index (χ3n) is 5.83. The van der Waals surface area contributed by atoms with Crippen LogP contribution in [-0.2, 0) is 10.2 Å². The number of nitrogens with zero attached hydrogens (tertiary/aromatic N) is 3. The summed E-state index contributed by atoms with van der Waals surface area (Å²) in [5, 5.41) is 28.4. The largest absolute Gasteiger partial charge is 0.507 e. The van der Waals surface area contributed by atoms with Crippen LogP contribution in [0.2, 0.25) is 0 Å². The fourth-order valence-corrected chi connectivity index (χ4v) is 4.04. The molecule has 1 aliphatic rings. The van der Waals surface area contributed by atoms with Crippen LogP contribution < -0.4 is 9.64 Å². The zero-order chi connectivity index (χ0) is 21.1. The van der Waals surface area contributed by atoms with Crippen molar-refractivity contribution in [2.24, 2.45) is 0 Å². The van der Waals surface area contributed by atoms with E-state index in [4.69, 9.17) is 4.74 Å². The molecular weight excluding hydrogens is 382 g/mol. The number of aromatic hydroxyl groups is 1. The number of rotatable bonds is 5. The number of carboxylic acid groups (broad SMARTS) is 1. The Morgan fingerprint density at radius 3 is 2.57 bits per heavy atom. The molecule has 4 rings (SSSR count). The van der Waals surface area contributed by atoms with Crippen LogP contribution in [0.4, 0.5) is 5.69 Å². The second-order valence-electron chi connectivity index (χ2n) is 7.42. The van der Waals surface area contributed by atoms with Gasteiger partial charge in [0.1, 0.15) is 11.5 Å². The molecule has 2 N–H and O–H groups in total. The maximum Gasteiger partial charge on any atom is 0.314 e. The number of hydrogen-bond donors (Lipinski definition) is 2. The van der Waals surface area contributed by atoms with Gasteiger partial charge in [0.05, 0.1) is 30.1 Å². The lowest BCUT2D eigenvalue weighted by Gasteiger charge is -2.40. The molecule has 1 saturated heterocycles. The number of carboxylic acids is 1. The standard InChI is InChI=1S/C23H23N3O4/c1-30-18-6-4-5-16(13-18)23(22(28)29)9-11-26(12-10-23)17-14-20(25-24-15-17)19-7-2-3-8-21(19)27/h2-8,13-15,27H,9-12H2,1H3,(H,28,29). The van der Waals surface area contributed by atoms with E-state index in [-0.39, 0.29) is 5.75 Å². The summed E-state index contributed by atoms with van der Waals surface area (Å²) in [5.74, 6) is -0.0233. The molecule has 1 aromatic heterocycles. The highest BCUT2D eigenvalue weighted by Gasteiger charge is 2.43. The molecule has 7 heteroatoms. The molecule has 3 aromatic rings. The summed E-state index contributed by atoms with van der Waals surface area (Å²) in [6, 6.07) is 16.2. The number of ether oxygens (including phenoxy) is 1. The summed E-state index contributed by atoms with van der Waals surface area (Å²) in [4.78, 5) is 14.4. The van der Waals surface area contributed by atoms with Crippen molar-refractivity contribution in [2.45, 2.75) is 18.3 Å². The van der Waals surface area contributed by atoms with Gasteiger partial charge in [0.2, 0.25) is 0 Å². The summed E-state index contributed by atoms with van der Waals surface area (Å²) >= 11 is 0. The average molecular weight is 405 g/mol. The molecule has 7 nitrogen and oxygen atoms in total. The normalized spacial score (nSPS) is 15.6. The van der Waals surface area contributed by atoms with E-state index in [9.17, 15) is 15.0 Å². The van der Waals surface area contributed by atoms with Gasteiger partial charge in [-0.3, -0.25) is 4.79 Å². The predicted octanol–water partition coefficient (Wildman–Crippen LogP) is 3.48. The SMILES string of the molecule is COc1cccc(C2(C(=O)O)CCN(c3cnnc(-c4ccccc4O)c3)CC2)c1. The third kappa shape index (κ3) is 3.54. The minimum atomic E-state index is -0.952. The molecule has 1 aliphatic heterocycles. The molecule has 0 radical (unpaired) electrons. The number of carbonyl (C=O) groups is 1. The first kappa shape index (κ1) is 19.7. The first-order chi connectivity index (χ1) is 14.5. The number of para-hydroxylation sites is 1. The molecule has 2 aromatic carbocycles. The number of anilines is 1. The van der Waals surface area contributed by atoms with Crippen LogP contribution in [0.3, 0.4) is 0 Å². The van der Waals surface area contributed by atoms with Gasteiger partial charge in [-0.2, -0.15) is 10.2 Å². The fraction of sp³-hybridized carbons (Fsp3) is 0.261. The van der Waals surface area contributed by atoms with Crippen LogP contribution in [-0.4, -0.2) is 46.6 Å². The van der Waals surface area contributed by atoms with Gasteiger partial charge < -0.3 is 19.8 Å². The molecule has 0 aliphatic carbocycles. The predicted molar refractivity (Wildman–Crippen MR) is 113 cm³/mol. The van der Waals surface area contributed by atoms with Gasteiger partial charge in [-0.15, -0.1) is 0 Å². The van der Waals surface area contributed by atoms with Gasteiger partial charge in [0, 0.05) is 18.7 Å². The second kappa shape index (κ2) is 8.02. The van der Waals surface area contributed by atoms with Crippen molar-refractivity contribution in [2.75, 3.05) is 25.1 Å². The summed E-state index contributed by atoms with van der Waals surface area (Å²) in [5.41, 5.74) is 1.85. The van der Waals surface area contributed by atoms with Crippen LogP contribution in [0.1, 0.15) is 18.4 Å². The molecule has 0 atom stereocenters. The molecule has 0 amide bonds. The highest BCUT2D eigenvalue weighted by molar-refractivity contribution is 5.82. The van der Waals surface area contributed by atoms with Crippen molar-refractivity contribution in [3.05, 3.63) is 66.4 Å². The molecule has 30 heavy (non-hydrogen) atoms. The third-order valence-corrected chi connectivity index (χ3v) is 5.83. The summed E-state index contributed by atoms with van der Waals surface area (Å²) < 4.78 is 5.29. The molecule has 154 valence electrons. The molecule has 2 heterocycles. The van der Waals surface area contributed by atoms with E-state index in [1.54, 1.807) is 31.5 Å². The monoisotopic (exact) mass is 405 g/mol. The van der Waals surface area contributed by atoms with E-state index >= 15 is 0 Å². The lowest BCUT2D eigenvalue weighted by Crippen LogP contribution is -2.47. The Bertz CT molecular complexity index is 1060. The Hall–Kier alpha value is -3.61. The number of methoxy groups -OCH3 is 1. The number of aromatic nitrogens is 2. The Kier molecular flexibility index (Phi) is 5.27. The lowest BCUT2D eigenvalue weighted by atomic mass is 9.72. The Balaban J connectivity index is 1.58. The Morgan fingerprint density at radius 1 is 1.10 bits per heavy atom. The molecule has 0 bridgehead atoms. The number of phenols is 1. The molecule has 0 spiro atoms. The Labute approximate surface area is 174 Å². The van der Waals surface area contributed by atoms with Crippen molar-refractivity contribution in [3.8, 4) is 22.8 Å². The van der Waals surface area contributed by atoms with Gasteiger partial charge in [0.15, 0.2) is 0 Å². The second-order valence-corrected chi connectivity index (χ2v) is 7.42. The smallest absolute Gasteiger partial charge is 0.314 e. The van der Waals surface area contributed by atoms with E-state index in [1.807, 2.05) is 36.4 Å². The summed E-state index contributed by atoms with van der Waals surface area (Å²) in [6.45, 7) is 1.13. The zero-order valence-electron chi connectivity index (χ0n) is 16.7. The number of piperidine rings is 1. The van der Waals surface area contributed by atoms with Crippen LogP contribution >= 0.6 is 0 Å². The van der Waals surface area contributed by atoms with Gasteiger partial charge >= 0.3 is 5.97 Å². The Morgan fingerprint density at radius 2 is 1.87 bits per heavy atom. The minimum Gasteiger partial charge on any atom is -0.507 e. The number of phenolic OH excluding ortho intramolecular Hbond substituents is 1. The van der Waals surface area contributed by atoms with Crippen molar-refractivity contribution >= 4 is 11.7 Å². The van der Waals surface area contributed by atoms with Crippen LogP contribution in [0.5, 0.6) is 11.5 Å². The summed E-state index contributed by atoms with van der Waals surface area (Å²) in [7, 11) is 1.58. The molecule has 1 fully saturated rings. The average Bonchev–Trinajstić information content (AvgIpc) is 2.79. The topological polar surface area (TPSA) is 95.8 Å². The highest BCUT2D eigenvalue weighted by Crippen LogP contribution is 2.39. The van der Waals surface area contributed by atoms with E-state index in [1.165, 1.54) is 0 Å². The number of benzene rings is 2. The van der Waals surface area contributed by atoms with Crippen molar-refractivity contribution in [3.63, 3.8) is 0 Å². The van der Waals surface area contributed by atoms with Crippen molar-refractivity contribution in [1.29, 1.82) is 0 Å². The molecule has 0 saturated carbocycles. The first-order valence-corrected chi connectivity index (χ1v) is 9.77. The summed E-state index contributed by atoms with van der Waals surface area (Å²) in [6.07, 6.45) is 2.59. The maximum atomic E-state index is 12.3. The van der Waals surface area contributed by atoms with E-state index in [0.717, 1.165) is 11.3 Å². The van der Waals surface area contributed by atoms with E-state index in [0.29, 0.717) is 42.9 Å². The molecule has 0 unspecified atom stereocenters. The van der Waals surface area contributed by atoms with Gasteiger partial charge in [-0.1, -0.05) is 24.3 Å². The quantitative estimate of drug-likeness (QED) is 0.671. The number of aliphatic carboxylic acids is 1. The lowest BCUT2D eigenvalue weighted by molar-refractivity contribution is -0.144. The number of hydrogen-bond acceptors (Lipinski definition) is 6. The van der Waals surface area contributed by atoms with Crippen LogP contribution in [0, 0.1) is 0 Å². The zero-order valence-corrected chi connectivity index (χ0v) is 16.7. The van der Waals surface area contributed by atoms with Crippen LogP contribution in [0.15, 0.2) is 60.8 Å². The van der Waals surface area contributed by atoms with E-state index in [2.05, 4.69) is 15.1 Å². The van der Waals surface area contributed by atoms with Crippen LogP contribution in [0.25, 0.3) is 11.3 Å². The minimum absolute atomic E-state index is 0.144. The van der Waals surface area contributed by atoms with Gasteiger partial charge in [0.25, 0.3) is 0 Å².